The maximum Gasteiger partial charge on any atom is 0.219 e. The van der Waals surface area contributed by atoms with E-state index >= 15 is 0 Å². The van der Waals surface area contributed by atoms with Gasteiger partial charge in [0.1, 0.15) is 11.6 Å². The standard InChI is InChI=1S/C21H21FN4O.HI/c1-14-6-8-18(10-15(14)2)26-21(23)25-13-16-7-9-20(24-12-16)27-19-5-3-4-17(22)11-19;/h3-12H,13H2,1-2H3,(H3,23,25,26);1H. The van der Waals surface area contributed by atoms with Gasteiger partial charge < -0.3 is 15.8 Å². The first-order chi connectivity index (χ1) is 13.0. The predicted octanol–water partition coefficient (Wildman–Crippen LogP) is 5.17. The Labute approximate surface area is 180 Å². The summed E-state index contributed by atoms with van der Waals surface area (Å²) in [5, 5.41) is 3.08. The van der Waals surface area contributed by atoms with Gasteiger partial charge in [-0.05, 0) is 54.8 Å². The molecule has 28 heavy (non-hydrogen) atoms. The Bertz CT molecular complexity index is 961. The molecule has 5 nitrogen and oxygen atoms in total. The van der Waals surface area contributed by atoms with E-state index in [1.807, 2.05) is 31.2 Å². The van der Waals surface area contributed by atoms with Crippen LogP contribution in [0, 0.1) is 19.7 Å². The topological polar surface area (TPSA) is 72.5 Å². The summed E-state index contributed by atoms with van der Waals surface area (Å²) in [6.45, 7) is 4.50. The highest BCUT2D eigenvalue weighted by atomic mass is 127. The largest absolute Gasteiger partial charge is 0.439 e. The molecule has 0 unspecified atom stereocenters. The molecule has 0 saturated heterocycles. The van der Waals surface area contributed by atoms with Gasteiger partial charge in [0, 0.05) is 24.0 Å². The fourth-order valence-corrected chi connectivity index (χ4v) is 2.40. The molecule has 3 N–H and O–H groups in total. The molecule has 3 rings (SSSR count). The number of aromatic nitrogens is 1. The summed E-state index contributed by atoms with van der Waals surface area (Å²) in [6, 6.07) is 15.5. The number of aliphatic imine (C=N–C) groups is 1. The molecule has 7 heteroatoms. The van der Waals surface area contributed by atoms with Crippen molar-refractivity contribution in [3.05, 3.63) is 83.3 Å². The quantitative estimate of drug-likeness (QED) is 0.293. The number of aryl methyl sites for hydroxylation is 2. The summed E-state index contributed by atoms with van der Waals surface area (Å²) in [5.41, 5.74) is 10.1. The van der Waals surface area contributed by atoms with Crippen molar-refractivity contribution in [2.75, 3.05) is 5.32 Å². The number of ether oxygens (including phenoxy) is 1. The van der Waals surface area contributed by atoms with E-state index in [1.54, 1.807) is 24.4 Å². The molecule has 0 atom stereocenters. The van der Waals surface area contributed by atoms with Crippen LogP contribution >= 0.6 is 24.0 Å². The van der Waals surface area contributed by atoms with Gasteiger partial charge in [0.15, 0.2) is 5.96 Å². The van der Waals surface area contributed by atoms with Crippen LogP contribution in [0.2, 0.25) is 0 Å². The molecule has 1 aromatic heterocycles. The Kier molecular flexibility index (Phi) is 7.74. The lowest BCUT2D eigenvalue weighted by Crippen LogP contribution is -2.22. The molecule has 3 aromatic rings. The maximum absolute atomic E-state index is 13.2. The molecule has 0 amide bonds. The number of pyridine rings is 1. The van der Waals surface area contributed by atoms with Crippen molar-refractivity contribution in [1.29, 1.82) is 0 Å². The van der Waals surface area contributed by atoms with Gasteiger partial charge >= 0.3 is 0 Å². The summed E-state index contributed by atoms with van der Waals surface area (Å²) >= 11 is 0. The highest BCUT2D eigenvalue weighted by Crippen LogP contribution is 2.20. The smallest absolute Gasteiger partial charge is 0.219 e. The Morgan fingerprint density at radius 3 is 2.61 bits per heavy atom. The minimum absolute atomic E-state index is 0. The zero-order valence-electron chi connectivity index (χ0n) is 15.6. The minimum atomic E-state index is -0.356. The molecule has 0 bridgehead atoms. The number of halogens is 2. The van der Waals surface area contributed by atoms with Crippen LogP contribution in [0.1, 0.15) is 16.7 Å². The van der Waals surface area contributed by atoms with Crippen LogP contribution in [0.15, 0.2) is 65.8 Å². The molecule has 0 fully saturated rings. The fraction of sp³-hybridized carbons (Fsp3) is 0.143. The first-order valence-corrected chi connectivity index (χ1v) is 8.52. The lowest BCUT2D eigenvalue weighted by molar-refractivity contribution is 0.457. The van der Waals surface area contributed by atoms with E-state index in [2.05, 4.69) is 22.2 Å². The summed E-state index contributed by atoms with van der Waals surface area (Å²) in [6.07, 6.45) is 1.65. The van der Waals surface area contributed by atoms with Crippen molar-refractivity contribution in [3.63, 3.8) is 0 Å². The van der Waals surface area contributed by atoms with E-state index in [-0.39, 0.29) is 29.8 Å². The van der Waals surface area contributed by atoms with Crippen molar-refractivity contribution < 1.29 is 9.13 Å². The normalized spacial score (nSPS) is 10.9. The Morgan fingerprint density at radius 2 is 1.93 bits per heavy atom. The molecule has 0 spiro atoms. The van der Waals surface area contributed by atoms with E-state index in [9.17, 15) is 4.39 Å². The van der Waals surface area contributed by atoms with Gasteiger partial charge in [-0.3, -0.25) is 0 Å². The van der Waals surface area contributed by atoms with Gasteiger partial charge in [-0.15, -0.1) is 24.0 Å². The van der Waals surface area contributed by atoms with Crippen LogP contribution in [-0.4, -0.2) is 10.9 Å². The lowest BCUT2D eigenvalue weighted by Gasteiger charge is -2.08. The molecule has 0 radical (unpaired) electrons. The fourth-order valence-electron chi connectivity index (χ4n) is 2.40. The van der Waals surface area contributed by atoms with Gasteiger partial charge in [-0.1, -0.05) is 18.2 Å². The second-order valence-corrected chi connectivity index (χ2v) is 6.19. The van der Waals surface area contributed by atoms with Crippen molar-refractivity contribution in [2.24, 2.45) is 10.7 Å². The van der Waals surface area contributed by atoms with Crippen molar-refractivity contribution in [1.82, 2.24) is 4.98 Å². The summed E-state index contributed by atoms with van der Waals surface area (Å²) in [7, 11) is 0. The van der Waals surface area contributed by atoms with Gasteiger partial charge in [0.2, 0.25) is 5.88 Å². The number of nitrogens with two attached hydrogens (primary N) is 1. The van der Waals surface area contributed by atoms with Crippen LogP contribution in [0.5, 0.6) is 11.6 Å². The van der Waals surface area contributed by atoms with Crippen molar-refractivity contribution in [2.45, 2.75) is 20.4 Å². The van der Waals surface area contributed by atoms with E-state index < -0.39 is 0 Å². The number of nitrogens with zero attached hydrogens (tertiary/aromatic N) is 2. The SMILES string of the molecule is Cc1ccc(NC(N)=NCc2ccc(Oc3cccc(F)c3)nc2)cc1C.I. The third-order valence-electron chi connectivity index (χ3n) is 4.03. The van der Waals surface area contributed by atoms with Gasteiger partial charge in [0.25, 0.3) is 0 Å². The Hall–Kier alpha value is -2.68. The molecule has 146 valence electrons. The Balaban J connectivity index is 0.00000280. The van der Waals surface area contributed by atoms with E-state index in [4.69, 9.17) is 10.5 Å². The zero-order valence-corrected chi connectivity index (χ0v) is 18.0. The van der Waals surface area contributed by atoms with Crippen molar-refractivity contribution in [3.8, 4) is 11.6 Å². The highest BCUT2D eigenvalue weighted by Gasteiger charge is 2.02. The average Bonchev–Trinajstić information content (AvgIpc) is 2.64. The number of rotatable bonds is 5. The minimum Gasteiger partial charge on any atom is -0.439 e. The number of hydrogen-bond acceptors (Lipinski definition) is 3. The molecule has 0 saturated carbocycles. The third kappa shape index (κ3) is 6.19. The molecule has 2 aromatic carbocycles. The number of anilines is 1. The van der Waals surface area contributed by atoms with Crippen LogP contribution in [0.25, 0.3) is 0 Å². The first kappa shape index (κ1) is 21.6. The second-order valence-electron chi connectivity index (χ2n) is 6.19. The van der Waals surface area contributed by atoms with E-state index in [1.165, 1.54) is 23.3 Å². The highest BCUT2D eigenvalue weighted by molar-refractivity contribution is 14.0. The summed E-state index contributed by atoms with van der Waals surface area (Å²) in [5.74, 6) is 0.758. The second kappa shape index (κ2) is 10.0. The molecule has 0 aliphatic heterocycles. The number of benzene rings is 2. The predicted molar refractivity (Wildman–Crippen MR) is 121 cm³/mol. The molecule has 0 aliphatic rings. The molecular weight excluding hydrogens is 470 g/mol. The van der Waals surface area contributed by atoms with Crippen molar-refractivity contribution >= 4 is 35.6 Å². The first-order valence-electron chi connectivity index (χ1n) is 8.52. The molecule has 0 aliphatic carbocycles. The van der Waals surface area contributed by atoms with Gasteiger partial charge in [0.05, 0.1) is 6.54 Å². The molecule has 1 heterocycles. The number of guanidine groups is 1. The number of nitrogens with one attached hydrogen (secondary N) is 1. The molecular formula is C21H22FIN4O. The maximum atomic E-state index is 13.2. The van der Waals surface area contributed by atoms with Crippen LogP contribution in [0.4, 0.5) is 10.1 Å². The van der Waals surface area contributed by atoms with Crippen LogP contribution in [0.3, 0.4) is 0 Å². The van der Waals surface area contributed by atoms with E-state index in [0.717, 1.165) is 11.3 Å². The van der Waals surface area contributed by atoms with Crippen LogP contribution in [-0.2, 0) is 6.54 Å². The summed E-state index contributed by atoms with van der Waals surface area (Å²) < 4.78 is 18.7. The average molecular weight is 492 g/mol. The summed E-state index contributed by atoms with van der Waals surface area (Å²) in [4.78, 5) is 8.53. The monoisotopic (exact) mass is 492 g/mol. The van der Waals surface area contributed by atoms with Gasteiger partial charge in [-0.25, -0.2) is 14.4 Å². The van der Waals surface area contributed by atoms with E-state index in [0.29, 0.717) is 24.1 Å². The zero-order chi connectivity index (χ0) is 19.2. The lowest BCUT2D eigenvalue weighted by atomic mass is 10.1. The van der Waals surface area contributed by atoms with Crippen LogP contribution < -0.4 is 15.8 Å². The number of hydrogen-bond donors (Lipinski definition) is 2. The Morgan fingerprint density at radius 1 is 1.11 bits per heavy atom. The van der Waals surface area contributed by atoms with Gasteiger partial charge in [-0.2, -0.15) is 0 Å². The third-order valence-corrected chi connectivity index (χ3v) is 4.03.